The molecule has 3 heteroatoms. The zero-order valence-electron chi connectivity index (χ0n) is 6.41. The number of hydrogen-bond acceptors (Lipinski definition) is 1. The first-order valence-corrected chi connectivity index (χ1v) is 0.816. The molecule has 0 aliphatic rings. The molecule has 0 saturated carbocycles. The molecule has 0 spiro atoms. The maximum Gasteiger partial charge on any atom is 1.00 e. The van der Waals surface area contributed by atoms with Crippen molar-refractivity contribution < 1.29 is 45.3 Å². The van der Waals surface area contributed by atoms with E-state index in [-0.39, 0.29) is 40.6 Å². The second-order valence-corrected chi connectivity index (χ2v) is 0.408. The Morgan fingerprint density at radius 3 is 1.20 bits per heavy atom. The van der Waals surface area contributed by atoms with Crippen LogP contribution in [-0.4, -0.2) is 14.2 Å². The van der Waals surface area contributed by atoms with Crippen LogP contribution in [-0.2, 0) is 4.74 Å². The minimum Gasteiger partial charge on any atom is -1.00 e. The quantitative estimate of drug-likeness (QED) is 0.254. The Labute approximate surface area is 59.8 Å². The van der Waals surface area contributed by atoms with E-state index in [0.29, 0.717) is 0 Å². The molecule has 5 heavy (non-hydrogen) atoms. The molecule has 0 heterocycles. The molecule has 0 aliphatic carbocycles. The van der Waals surface area contributed by atoms with Crippen molar-refractivity contribution in [2.45, 2.75) is 0 Å². The zero-order valence-corrected chi connectivity index (χ0v) is 4.41. The topological polar surface area (TPSA) is 9.23 Å². The first-order chi connectivity index (χ1) is 1.41. The van der Waals surface area contributed by atoms with Crippen LogP contribution in [0.25, 0.3) is 0 Å². The van der Waals surface area contributed by atoms with Crippen LogP contribution < -0.4 is 37.7 Å². The summed E-state index contributed by atoms with van der Waals surface area (Å²) in [6.45, 7) is 0. The molecule has 0 aromatic rings. The summed E-state index contributed by atoms with van der Waals surface area (Å²) in [6, 6.07) is 0. The Bertz CT molecular complexity index is 13.7. The van der Waals surface area contributed by atoms with Gasteiger partial charge >= 0.3 is 37.7 Å². The second-order valence-electron chi connectivity index (χ2n) is 0.408. The van der Waals surface area contributed by atoms with Crippen molar-refractivity contribution in [3.05, 3.63) is 0 Å². The third-order valence-electron chi connectivity index (χ3n) is 0. The molecule has 0 amide bonds. The fraction of sp³-hybridized carbons (Fsp3) is 1.00. The molecule has 0 unspecified atom stereocenters. The molecule has 0 saturated heterocycles. The minimum absolute atomic E-state index is 0. The fourth-order valence-electron chi connectivity index (χ4n) is 0. The van der Waals surface area contributed by atoms with E-state index in [2.05, 4.69) is 4.74 Å². The van der Waals surface area contributed by atoms with E-state index in [1.54, 1.807) is 14.2 Å². The molecular formula is C2H8Li2O. The molecule has 0 aliphatic heterocycles. The van der Waals surface area contributed by atoms with Crippen LogP contribution in [0.3, 0.4) is 0 Å². The normalized spacial score (nSPS) is 3.60. The molecule has 0 fully saturated rings. The molecule has 0 atom stereocenters. The Hall–Kier alpha value is 1.15. The van der Waals surface area contributed by atoms with E-state index in [4.69, 9.17) is 0 Å². The van der Waals surface area contributed by atoms with Crippen molar-refractivity contribution in [3.8, 4) is 0 Å². The zero-order chi connectivity index (χ0) is 2.71. The molecular weight excluding hydrogens is 53.9 g/mol. The summed E-state index contributed by atoms with van der Waals surface area (Å²) in [6.07, 6.45) is 0. The van der Waals surface area contributed by atoms with Gasteiger partial charge in [-0.05, 0) is 0 Å². The Kier molecular flexibility index (Phi) is 63.0. The summed E-state index contributed by atoms with van der Waals surface area (Å²) in [4.78, 5) is 0. The first-order valence-electron chi connectivity index (χ1n) is 0.816. The van der Waals surface area contributed by atoms with Crippen LogP contribution in [0.4, 0.5) is 0 Å². The molecule has 0 N–H and O–H groups in total. The van der Waals surface area contributed by atoms with E-state index < -0.39 is 0 Å². The summed E-state index contributed by atoms with van der Waals surface area (Å²) in [5.74, 6) is 0. The van der Waals surface area contributed by atoms with Crippen molar-refractivity contribution in [2.75, 3.05) is 14.2 Å². The fourth-order valence-corrected chi connectivity index (χ4v) is 0. The smallest absolute Gasteiger partial charge is 1.00 e. The molecule has 0 aromatic carbocycles. The van der Waals surface area contributed by atoms with Gasteiger partial charge in [-0.2, -0.15) is 0 Å². The van der Waals surface area contributed by atoms with Gasteiger partial charge in [0.2, 0.25) is 0 Å². The van der Waals surface area contributed by atoms with Crippen LogP contribution in [0, 0.1) is 0 Å². The van der Waals surface area contributed by atoms with Crippen molar-refractivity contribution >= 4 is 0 Å². The van der Waals surface area contributed by atoms with Crippen molar-refractivity contribution in [2.24, 2.45) is 0 Å². The summed E-state index contributed by atoms with van der Waals surface area (Å²) < 4.78 is 4.25. The van der Waals surface area contributed by atoms with Crippen LogP contribution in [0.15, 0.2) is 0 Å². The van der Waals surface area contributed by atoms with E-state index >= 15 is 0 Å². The standard InChI is InChI=1S/C2H6O.2Li.2H/c1-3-2;;;;/h1-2H3;;;;/q;2*+1;2*-1. The predicted molar refractivity (Wildman–Crippen MR) is 15.2 cm³/mol. The largest absolute Gasteiger partial charge is 1.00 e. The van der Waals surface area contributed by atoms with Crippen molar-refractivity contribution in [1.82, 2.24) is 0 Å². The molecule has 1 nitrogen and oxygen atoms in total. The van der Waals surface area contributed by atoms with Gasteiger partial charge in [0.1, 0.15) is 0 Å². The van der Waals surface area contributed by atoms with Crippen LogP contribution in [0.1, 0.15) is 2.85 Å². The van der Waals surface area contributed by atoms with Gasteiger partial charge in [0.25, 0.3) is 0 Å². The number of methoxy groups -OCH3 is 1. The average molecular weight is 62.0 g/mol. The number of hydrogen-bond donors (Lipinski definition) is 0. The van der Waals surface area contributed by atoms with Crippen molar-refractivity contribution in [1.29, 1.82) is 0 Å². The van der Waals surface area contributed by atoms with E-state index in [1.165, 1.54) is 0 Å². The molecule has 24 valence electrons. The SMILES string of the molecule is COC.[H-].[H-].[Li+].[Li+]. The molecule has 0 aromatic heterocycles. The number of ether oxygens (including phenoxy) is 1. The predicted octanol–water partition coefficient (Wildman–Crippen LogP) is -5.50. The maximum atomic E-state index is 4.25. The third kappa shape index (κ3) is 38.5. The molecule has 0 bridgehead atoms. The van der Waals surface area contributed by atoms with Crippen LogP contribution in [0.2, 0.25) is 0 Å². The van der Waals surface area contributed by atoms with Gasteiger partial charge in [-0.25, -0.2) is 0 Å². The molecule has 0 radical (unpaired) electrons. The minimum atomic E-state index is 0. The van der Waals surface area contributed by atoms with Gasteiger partial charge in [-0.1, -0.05) is 0 Å². The monoisotopic (exact) mass is 62.1 g/mol. The Morgan fingerprint density at radius 1 is 1.20 bits per heavy atom. The van der Waals surface area contributed by atoms with Gasteiger partial charge in [0, 0.05) is 14.2 Å². The summed E-state index contributed by atoms with van der Waals surface area (Å²) in [5, 5.41) is 0. The van der Waals surface area contributed by atoms with E-state index in [1.807, 2.05) is 0 Å². The van der Waals surface area contributed by atoms with Gasteiger partial charge < -0.3 is 7.59 Å². The summed E-state index contributed by atoms with van der Waals surface area (Å²) >= 11 is 0. The van der Waals surface area contributed by atoms with Crippen LogP contribution in [0.5, 0.6) is 0 Å². The average Bonchev–Trinajstić information content (AvgIpc) is 0.918. The van der Waals surface area contributed by atoms with Crippen molar-refractivity contribution in [3.63, 3.8) is 0 Å². The van der Waals surface area contributed by atoms with Gasteiger partial charge in [0.15, 0.2) is 0 Å². The summed E-state index contributed by atoms with van der Waals surface area (Å²) in [5.41, 5.74) is 0. The summed E-state index contributed by atoms with van der Waals surface area (Å²) in [7, 11) is 3.25. The van der Waals surface area contributed by atoms with E-state index in [0.717, 1.165) is 0 Å². The number of rotatable bonds is 0. The third-order valence-corrected chi connectivity index (χ3v) is 0. The van der Waals surface area contributed by atoms with Gasteiger partial charge in [-0.15, -0.1) is 0 Å². The molecule has 0 rings (SSSR count). The Morgan fingerprint density at radius 2 is 1.20 bits per heavy atom. The first kappa shape index (κ1) is 16.4. The van der Waals surface area contributed by atoms with Gasteiger partial charge in [-0.3, -0.25) is 0 Å². The maximum absolute atomic E-state index is 4.25. The van der Waals surface area contributed by atoms with E-state index in [9.17, 15) is 0 Å². The van der Waals surface area contributed by atoms with Crippen LogP contribution >= 0.6 is 0 Å². The second kappa shape index (κ2) is 19.2. The van der Waals surface area contributed by atoms with Gasteiger partial charge in [0.05, 0.1) is 0 Å². The Balaban J connectivity index is -0.00000000333.